The summed E-state index contributed by atoms with van der Waals surface area (Å²) in [7, 11) is 1.64. The van der Waals surface area contributed by atoms with Gasteiger partial charge in [-0.05, 0) is 42.3 Å². The van der Waals surface area contributed by atoms with Gasteiger partial charge in [0.15, 0.2) is 0 Å². The molecule has 2 aromatic carbocycles. The van der Waals surface area contributed by atoms with Gasteiger partial charge in [0.1, 0.15) is 11.5 Å². The average Bonchev–Trinajstić information content (AvgIpc) is 3.26. The number of rotatable bonds is 5. The summed E-state index contributed by atoms with van der Waals surface area (Å²) in [5, 5.41) is 7.22. The van der Waals surface area contributed by atoms with E-state index in [9.17, 15) is 4.79 Å². The van der Waals surface area contributed by atoms with Crippen molar-refractivity contribution in [3.05, 3.63) is 72.1 Å². The molecule has 1 amide bonds. The zero-order chi connectivity index (χ0) is 18.6. The molecule has 0 saturated heterocycles. The van der Waals surface area contributed by atoms with Crippen molar-refractivity contribution < 1.29 is 14.3 Å². The molecule has 6 nitrogen and oxygen atoms in total. The molecule has 1 N–H and O–H groups in total. The lowest BCUT2D eigenvalue weighted by atomic mass is 9.96. The maximum absolute atomic E-state index is 12.5. The largest absolute Gasteiger partial charge is 0.497 e. The lowest BCUT2D eigenvalue weighted by Crippen LogP contribution is -2.34. The summed E-state index contributed by atoms with van der Waals surface area (Å²) >= 11 is 0. The molecule has 2 heterocycles. The summed E-state index contributed by atoms with van der Waals surface area (Å²) in [6, 6.07) is 15.1. The zero-order valence-electron chi connectivity index (χ0n) is 15.1. The standard InChI is InChI=1S/C21H21N3O3/c1-26-19-7-6-16-10-15(14-27-20(16)12-19)13-22-21(25)17-4-2-5-18(11-17)24-9-3-8-23-24/h2-9,11-12,15H,10,13-14H2,1H3,(H,22,25)/t15-/m1/s1. The number of hydrogen-bond donors (Lipinski definition) is 1. The van der Waals surface area contributed by atoms with Gasteiger partial charge in [0.25, 0.3) is 5.91 Å². The number of fused-ring (bicyclic) bond motifs is 1. The van der Waals surface area contributed by atoms with Crippen molar-refractivity contribution in [1.29, 1.82) is 0 Å². The molecule has 0 spiro atoms. The topological polar surface area (TPSA) is 65.4 Å². The summed E-state index contributed by atoms with van der Waals surface area (Å²) in [5.74, 6) is 1.80. The number of nitrogens with zero attached hydrogens (tertiary/aromatic N) is 2. The number of carbonyl (C=O) groups is 1. The van der Waals surface area contributed by atoms with E-state index in [1.54, 1.807) is 24.1 Å². The van der Waals surface area contributed by atoms with Crippen LogP contribution in [0.4, 0.5) is 0 Å². The number of methoxy groups -OCH3 is 1. The highest BCUT2D eigenvalue weighted by atomic mass is 16.5. The first-order valence-corrected chi connectivity index (χ1v) is 8.91. The molecular weight excluding hydrogens is 342 g/mol. The second-order valence-corrected chi connectivity index (χ2v) is 6.57. The van der Waals surface area contributed by atoms with E-state index >= 15 is 0 Å². The van der Waals surface area contributed by atoms with Crippen molar-refractivity contribution in [2.24, 2.45) is 5.92 Å². The van der Waals surface area contributed by atoms with Gasteiger partial charge in [-0.1, -0.05) is 12.1 Å². The molecule has 0 saturated carbocycles. The predicted molar refractivity (Wildman–Crippen MR) is 102 cm³/mol. The fraction of sp³-hybridized carbons (Fsp3) is 0.238. The van der Waals surface area contributed by atoms with Gasteiger partial charge >= 0.3 is 0 Å². The normalized spacial score (nSPS) is 15.5. The van der Waals surface area contributed by atoms with Crippen molar-refractivity contribution in [3.63, 3.8) is 0 Å². The summed E-state index contributed by atoms with van der Waals surface area (Å²) in [5.41, 5.74) is 2.61. The van der Waals surface area contributed by atoms with E-state index in [4.69, 9.17) is 9.47 Å². The molecular formula is C21H21N3O3. The van der Waals surface area contributed by atoms with Crippen LogP contribution in [0.5, 0.6) is 11.5 Å². The minimum atomic E-state index is -0.0930. The highest BCUT2D eigenvalue weighted by Crippen LogP contribution is 2.30. The minimum absolute atomic E-state index is 0.0930. The SMILES string of the molecule is COc1ccc2c(c1)OC[C@@H](CNC(=O)c1cccc(-n3cccn3)c1)C2. The van der Waals surface area contributed by atoms with Gasteiger partial charge in [0.05, 0.1) is 19.4 Å². The predicted octanol–water partition coefficient (Wildman–Crippen LogP) is 2.86. The van der Waals surface area contributed by atoms with Crippen LogP contribution in [-0.4, -0.2) is 35.9 Å². The number of benzene rings is 2. The van der Waals surface area contributed by atoms with E-state index in [1.807, 2.05) is 48.7 Å². The van der Waals surface area contributed by atoms with Crippen LogP contribution in [0.15, 0.2) is 60.9 Å². The molecule has 1 aliphatic rings. The van der Waals surface area contributed by atoms with Crippen LogP contribution in [0.2, 0.25) is 0 Å². The lowest BCUT2D eigenvalue weighted by molar-refractivity contribution is 0.0939. The fourth-order valence-corrected chi connectivity index (χ4v) is 3.22. The third-order valence-electron chi connectivity index (χ3n) is 4.69. The first-order valence-electron chi connectivity index (χ1n) is 8.91. The van der Waals surface area contributed by atoms with Crippen LogP contribution >= 0.6 is 0 Å². The van der Waals surface area contributed by atoms with Gasteiger partial charge in [0.2, 0.25) is 0 Å². The number of aromatic nitrogens is 2. The molecule has 6 heteroatoms. The second-order valence-electron chi connectivity index (χ2n) is 6.57. The summed E-state index contributed by atoms with van der Waals surface area (Å²) in [6.07, 6.45) is 4.43. The Hall–Kier alpha value is -3.28. The van der Waals surface area contributed by atoms with Crippen LogP contribution in [0, 0.1) is 5.92 Å². The van der Waals surface area contributed by atoms with Crippen LogP contribution in [0.3, 0.4) is 0 Å². The first kappa shape index (κ1) is 17.1. The minimum Gasteiger partial charge on any atom is -0.497 e. The molecule has 0 bridgehead atoms. The maximum atomic E-state index is 12.5. The number of hydrogen-bond acceptors (Lipinski definition) is 4. The molecule has 138 valence electrons. The van der Waals surface area contributed by atoms with E-state index in [-0.39, 0.29) is 11.8 Å². The van der Waals surface area contributed by atoms with Gasteiger partial charge in [-0.3, -0.25) is 4.79 Å². The summed E-state index contributed by atoms with van der Waals surface area (Å²) in [6.45, 7) is 1.14. The van der Waals surface area contributed by atoms with Gasteiger partial charge in [-0.15, -0.1) is 0 Å². The maximum Gasteiger partial charge on any atom is 0.251 e. The van der Waals surface area contributed by atoms with Gasteiger partial charge in [-0.25, -0.2) is 4.68 Å². The van der Waals surface area contributed by atoms with Crippen LogP contribution < -0.4 is 14.8 Å². The Morgan fingerprint density at radius 3 is 3.04 bits per heavy atom. The Kier molecular flexibility index (Phi) is 4.78. The Bertz CT molecular complexity index is 938. The van der Waals surface area contributed by atoms with E-state index in [0.717, 1.165) is 29.2 Å². The van der Waals surface area contributed by atoms with Crippen LogP contribution in [-0.2, 0) is 6.42 Å². The molecule has 0 radical (unpaired) electrons. The Morgan fingerprint density at radius 2 is 2.22 bits per heavy atom. The number of carbonyl (C=O) groups excluding carboxylic acids is 1. The average molecular weight is 363 g/mol. The summed E-state index contributed by atoms with van der Waals surface area (Å²) < 4.78 is 12.8. The monoisotopic (exact) mass is 363 g/mol. The Balaban J connectivity index is 1.38. The van der Waals surface area contributed by atoms with Gasteiger partial charge in [0, 0.05) is 36.5 Å². The number of amides is 1. The Labute approximate surface area is 157 Å². The molecule has 1 atom stereocenters. The van der Waals surface area contributed by atoms with Crippen molar-refractivity contribution in [2.45, 2.75) is 6.42 Å². The molecule has 0 unspecified atom stereocenters. The molecule has 4 rings (SSSR count). The van der Waals surface area contributed by atoms with E-state index in [0.29, 0.717) is 18.7 Å². The third-order valence-corrected chi connectivity index (χ3v) is 4.69. The van der Waals surface area contributed by atoms with E-state index < -0.39 is 0 Å². The molecule has 27 heavy (non-hydrogen) atoms. The molecule has 0 aliphatic carbocycles. The molecule has 3 aromatic rings. The number of nitrogens with one attached hydrogen (secondary N) is 1. The van der Waals surface area contributed by atoms with Crippen molar-refractivity contribution in [3.8, 4) is 17.2 Å². The van der Waals surface area contributed by atoms with Crippen molar-refractivity contribution >= 4 is 5.91 Å². The quantitative estimate of drug-likeness (QED) is 0.757. The first-order chi connectivity index (χ1) is 13.2. The zero-order valence-corrected chi connectivity index (χ0v) is 15.1. The van der Waals surface area contributed by atoms with Crippen LogP contribution in [0.25, 0.3) is 5.69 Å². The third kappa shape index (κ3) is 3.79. The summed E-state index contributed by atoms with van der Waals surface area (Å²) in [4.78, 5) is 12.5. The molecule has 0 fully saturated rings. The van der Waals surface area contributed by atoms with Crippen molar-refractivity contribution in [1.82, 2.24) is 15.1 Å². The van der Waals surface area contributed by atoms with Crippen LogP contribution in [0.1, 0.15) is 15.9 Å². The van der Waals surface area contributed by atoms with Crippen molar-refractivity contribution in [2.75, 3.05) is 20.3 Å². The smallest absolute Gasteiger partial charge is 0.251 e. The number of ether oxygens (including phenoxy) is 2. The highest BCUT2D eigenvalue weighted by molar-refractivity contribution is 5.94. The van der Waals surface area contributed by atoms with Gasteiger partial charge in [-0.2, -0.15) is 5.10 Å². The lowest BCUT2D eigenvalue weighted by Gasteiger charge is -2.25. The fourth-order valence-electron chi connectivity index (χ4n) is 3.22. The molecule has 1 aromatic heterocycles. The van der Waals surface area contributed by atoms with Gasteiger partial charge < -0.3 is 14.8 Å². The molecule has 1 aliphatic heterocycles. The second kappa shape index (κ2) is 7.53. The highest BCUT2D eigenvalue weighted by Gasteiger charge is 2.21. The van der Waals surface area contributed by atoms with E-state index in [1.165, 1.54) is 0 Å². The Morgan fingerprint density at radius 1 is 1.30 bits per heavy atom. The van der Waals surface area contributed by atoms with E-state index in [2.05, 4.69) is 10.4 Å².